The number of rotatable bonds is 8. The second-order valence-electron chi connectivity index (χ2n) is 5.14. The number of nitrogens with zero attached hydrogens (tertiary/aromatic N) is 1. The van der Waals surface area contributed by atoms with Crippen LogP contribution in [0.5, 0.6) is 0 Å². The maximum atomic E-state index is 11.9. The number of carbonyl (C=O) groups is 3. The van der Waals surface area contributed by atoms with E-state index in [4.69, 9.17) is 5.11 Å². The maximum absolute atomic E-state index is 11.9. The number of aliphatic carboxylic acids is 1. The van der Waals surface area contributed by atoms with Crippen molar-refractivity contribution in [2.24, 2.45) is 0 Å². The summed E-state index contributed by atoms with van der Waals surface area (Å²) in [6.07, 6.45) is 4.56. The van der Waals surface area contributed by atoms with Crippen molar-refractivity contribution in [2.45, 2.75) is 57.9 Å². The summed E-state index contributed by atoms with van der Waals surface area (Å²) in [5, 5.41) is 11.8. The summed E-state index contributed by atoms with van der Waals surface area (Å²) in [5.41, 5.74) is 0. The lowest BCUT2D eigenvalue weighted by molar-refractivity contribution is -0.148. The third-order valence-corrected chi connectivity index (χ3v) is 3.53. The predicted molar refractivity (Wildman–Crippen MR) is 74.1 cm³/mol. The number of carbonyl (C=O) groups excluding carboxylic acids is 2. The SMILES string of the molecule is CCCCCNC(=O)CCC(=O)N1CCCC1C(=O)O. The highest BCUT2D eigenvalue weighted by atomic mass is 16.4. The predicted octanol–water partition coefficient (Wildman–Crippen LogP) is 1.15. The van der Waals surface area contributed by atoms with E-state index in [2.05, 4.69) is 12.2 Å². The molecule has 0 aromatic rings. The molecule has 20 heavy (non-hydrogen) atoms. The quantitative estimate of drug-likeness (QED) is 0.655. The van der Waals surface area contributed by atoms with Crippen molar-refractivity contribution in [2.75, 3.05) is 13.1 Å². The molecule has 1 heterocycles. The van der Waals surface area contributed by atoms with Crippen LogP contribution in [0.2, 0.25) is 0 Å². The molecule has 1 aliphatic heterocycles. The molecule has 1 saturated heterocycles. The molecular weight excluding hydrogens is 260 g/mol. The molecule has 1 unspecified atom stereocenters. The monoisotopic (exact) mass is 284 g/mol. The van der Waals surface area contributed by atoms with Crippen molar-refractivity contribution in [1.82, 2.24) is 10.2 Å². The van der Waals surface area contributed by atoms with Gasteiger partial charge in [-0.1, -0.05) is 19.8 Å². The fourth-order valence-electron chi connectivity index (χ4n) is 2.38. The molecule has 1 fully saturated rings. The van der Waals surface area contributed by atoms with Crippen LogP contribution >= 0.6 is 0 Å². The molecule has 0 aliphatic carbocycles. The van der Waals surface area contributed by atoms with E-state index >= 15 is 0 Å². The highest BCUT2D eigenvalue weighted by molar-refractivity contribution is 5.87. The normalized spacial score (nSPS) is 18.1. The van der Waals surface area contributed by atoms with Gasteiger partial charge in [0, 0.05) is 25.9 Å². The Bertz CT molecular complexity index is 357. The van der Waals surface area contributed by atoms with Crippen LogP contribution in [0.3, 0.4) is 0 Å². The summed E-state index contributed by atoms with van der Waals surface area (Å²) in [6.45, 7) is 3.21. The van der Waals surface area contributed by atoms with Gasteiger partial charge in [-0.15, -0.1) is 0 Å². The molecule has 6 nitrogen and oxygen atoms in total. The first kappa shape index (κ1) is 16.5. The van der Waals surface area contributed by atoms with Crippen LogP contribution in [-0.4, -0.2) is 46.9 Å². The van der Waals surface area contributed by atoms with Gasteiger partial charge < -0.3 is 15.3 Å². The first-order valence-corrected chi connectivity index (χ1v) is 7.35. The van der Waals surface area contributed by atoms with Crippen LogP contribution in [0, 0.1) is 0 Å². The Morgan fingerprint density at radius 3 is 2.65 bits per heavy atom. The molecular formula is C14H24N2O4. The third-order valence-electron chi connectivity index (χ3n) is 3.53. The lowest BCUT2D eigenvalue weighted by atomic mass is 10.2. The van der Waals surface area contributed by atoms with E-state index in [-0.39, 0.29) is 24.7 Å². The van der Waals surface area contributed by atoms with Gasteiger partial charge in [0.05, 0.1) is 0 Å². The Labute approximate surface area is 119 Å². The van der Waals surface area contributed by atoms with Crippen LogP contribution in [0.1, 0.15) is 51.9 Å². The molecule has 2 amide bonds. The Balaban J connectivity index is 2.25. The molecule has 1 atom stereocenters. The van der Waals surface area contributed by atoms with E-state index in [1.165, 1.54) is 4.90 Å². The van der Waals surface area contributed by atoms with Crippen molar-refractivity contribution in [3.63, 3.8) is 0 Å². The zero-order valence-corrected chi connectivity index (χ0v) is 12.1. The summed E-state index contributed by atoms with van der Waals surface area (Å²) in [4.78, 5) is 35.8. The van der Waals surface area contributed by atoms with E-state index < -0.39 is 12.0 Å². The highest BCUT2D eigenvalue weighted by Gasteiger charge is 2.33. The molecule has 0 aromatic heterocycles. The van der Waals surface area contributed by atoms with Crippen LogP contribution < -0.4 is 5.32 Å². The molecule has 2 N–H and O–H groups in total. The summed E-state index contributed by atoms with van der Waals surface area (Å²) in [6, 6.07) is -0.713. The van der Waals surface area contributed by atoms with Crippen LogP contribution in [-0.2, 0) is 14.4 Å². The van der Waals surface area contributed by atoms with Crippen LogP contribution in [0.25, 0.3) is 0 Å². The average molecular weight is 284 g/mol. The van der Waals surface area contributed by atoms with Gasteiger partial charge in [-0.25, -0.2) is 4.79 Å². The lowest BCUT2D eigenvalue weighted by Gasteiger charge is -2.21. The first-order chi connectivity index (χ1) is 9.56. The largest absolute Gasteiger partial charge is 0.480 e. The standard InChI is InChI=1S/C14H24N2O4/c1-2-3-4-9-15-12(17)7-8-13(18)16-10-5-6-11(16)14(19)20/h11H,2-10H2,1H3,(H,15,17)(H,19,20). The van der Waals surface area contributed by atoms with Gasteiger partial charge in [0.2, 0.25) is 11.8 Å². The summed E-state index contributed by atoms with van der Waals surface area (Å²) in [5.74, 6) is -1.33. The summed E-state index contributed by atoms with van der Waals surface area (Å²) in [7, 11) is 0. The molecule has 1 aliphatic rings. The Morgan fingerprint density at radius 2 is 2.00 bits per heavy atom. The molecule has 114 valence electrons. The number of hydrogen-bond acceptors (Lipinski definition) is 3. The number of amides is 2. The molecule has 0 bridgehead atoms. The van der Waals surface area contributed by atoms with E-state index in [1.807, 2.05) is 0 Å². The van der Waals surface area contributed by atoms with Gasteiger partial charge in [0.15, 0.2) is 0 Å². The number of carboxylic acid groups (broad SMARTS) is 1. The van der Waals surface area contributed by atoms with E-state index in [0.29, 0.717) is 25.9 Å². The molecule has 0 saturated carbocycles. The number of nitrogens with one attached hydrogen (secondary N) is 1. The fourth-order valence-corrected chi connectivity index (χ4v) is 2.38. The fraction of sp³-hybridized carbons (Fsp3) is 0.786. The minimum atomic E-state index is -0.958. The van der Waals surface area contributed by atoms with Crippen molar-refractivity contribution >= 4 is 17.8 Å². The zero-order chi connectivity index (χ0) is 15.0. The topological polar surface area (TPSA) is 86.7 Å². The van der Waals surface area contributed by atoms with Crippen molar-refractivity contribution in [1.29, 1.82) is 0 Å². The second-order valence-corrected chi connectivity index (χ2v) is 5.14. The molecule has 0 radical (unpaired) electrons. The number of carboxylic acids is 1. The number of unbranched alkanes of at least 4 members (excludes halogenated alkanes) is 2. The van der Waals surface area contributed by atoms with E-state index in [1.54, 1.807) is 0 Å². The van der Waals surface area contributed by atoms with Gasteiger partial charge >= 0.3 is 5.97 Å². The molecule has 6 heteroatoms. The van der Waals surface area contributed by atoms with Gasteiger partial charge in [-0.2, -0.15) is 0 Å². The van der Waals surface area contributed by atoms with Gasteiger partial charge in [-0.05, 0) is 19.3 Å². The smallest absolute Gasteiger partial charge is 0.326 e. The summed E-state index contributed by atoms with van der Waals surface area (Å²) < 4.78 is 0. The van der Waals surface area contributed by atoms with Crippen LogP contribution in [0.15, 0.2) is 0 Å². The third kappa shape index (κ3) is 5.19. The molecule has 0 spiro atoms. The van der Waals surface area contributed by atoms with Gasteiger partial charge in [0.1, 0.15) is 6.04 Å². The second kappa shape index (κ2) is 8.55. The highest BCUT2D eigenvalue weighted by Crippen LogP contribution is 2.18. The van der Waals surface area contributed by atoms with Gasteiger partial charge in [0.25, 0.3) is 0 Å². The van der Waals surface area contributed by atoms with Crippen LogP contribution in [0.4, 0.5) is 0 Å². The van der Waals surface area contributed by atoms with E-state index in [0.717, 1.165) is 19.3 Å². The van der Waals surface area contributed by atoms with Crippen molar-refractivity contribution in [3.8, 4) is 0 Å². The zero-order valence-electron chi connectivity index (χ0n) is 12.1. The van der Waals surface area contributed by atoms with Crippen molar-refractivity contribution in [3.05, 3.63) is 0 Å². The lowest BCUT2D eigenvalue weighted by Crippen LogP contribution is -2.40. The Hall–Kier alpha value is -1.59. The Morgan fingerprint density at radius 1 is 1.25 bits per heavy atom. The number of hydrogen-bond donors (Lipinski definition) is 2. The summed E-state index contributed by atoms with van der Waals surface area (Å²) >= 11 is 0. The number of likely N-dealkylation sites (tertiary alicyclic amines) is 1. The minimum Gasteiger partial charge on any atom is -0.480 e. The molecule has 0 aromatic carbocycles. The van der Waals surface area contributed by atoms with Gasteiger partial charge in [-0.3, -0.25) is 9.59 Å². The van der Waals surface area contributed by atoms with E-state index in [9.17, 15) is 14.4 Å². The maximum Gasteiger partial charge on any atom is 0.326 e. The first-order valence-electron chi connectivity index (χ1n) is 7.35. The Kier molecular flexibility index (Phi) is 7.04. The minimum absolute atomic E-state index is 0.0867. The molecule has 1 rings (SSSR count). The average Bonchev–Trinajstić information content (AvgIpc) is 2.90. The van der Waals surface area contributed by atoms with Crippen molar-refractivity contribution < 1.29 is 19.5 Å².